The Balaban J connectivity index is 1.63. The number of benzene rings is 3. The Morgan fingerprint density at radius 3 is 2.39 bits per heavy atom. The van der Waals surface area contributed by atoms with Gasteiger partial charge in [0, 0.05) is 26.5 Å². The second-order valence-corrected chi connectivity index (χ2v) is 9.53. The van der Waals surface area contributed by atoms with E-state index in [4.69, 9.17) is 9.84 Å². The maximum atomic E-state index is 6.46. The molecule has 0 amide bonds. The number of hydrogen-bond donors (Lipinski definition) is 0. The molecule has 28 heavy (non-hydrogen) atoms. The van der Waals surface area contributed by atoms with Crippen LogP contribution in [0.2, 0.25) is 0 Å². The van der Waals surface area contributed by atoms with Gasteiger partial charge in [-0.3, -0.25) is 0 Å². The van der Waals surface area contributed by atoms with Gasteiger partial charge < -0.3 is 4.74 Å². The fourth-order valence-electron chi connectivity index (χ4n) is 3.77. The van der Waals surface area contributed by atoms with Gasteiger partial charge in [0.15, 0.2) is 0 Å². The Kier molecular flexibility index (Phi) is 4.81. The maximum absolute atomic E-state index is 6.46. The molecule has 2 atom stereocenters. The molecule has 0 spiro atoms. The van der Waals surface area contributed by atoms with Gasteiger partial charge in [-0.05, 0) is 45.8 Å². The Bertz CT molecular complexity index is 1070. The quantitative estimate of drug-likeness (QED) is 0.329. The summed E-state index contributed by atoms with van der Waals surface area (Å²) in [6, 6.07) is 22.9. The van der Waals surface area contributed by atoms with Crippen LogP contribution in [-0.4, -0.2) is 10.7 Å². The summed E-state index contributed by atoms with van der Waals surface area (Å²) in [5.74, 6) is 0.894. The summed E-state index contributed by atoms with van der Waals surface area (Å²) in [6.07, 6.45) is 0.577. The van der Waals surface area contributed by atoms with Crippen molar-refractivity contribution in [2.45, 2.75) is 18.7 Å². The number of rotatable bonds is 2. The Labute approximate surface area is 188 Å². The lowest BCUT2D eigenvalue weighted by atomic mass is 9.96. The molecule has 2 heterocycles. The average Bonchev–Trinajstić information content (AvgIpc) is 3.14. The van der Waals surface area contributed by atoms with Crippen molar-refractivity contribution < 1.29 is 4.74 Å². The second kappa shape index (κ2) is 7.32. The molecule has 0 unspecified atom stereocenters. The van der Waals surface area contributed by atoms with Crippen LogP contribution in [-0.2, 0) is 0 Å². The topological polar surface area (TPSA) is 24.8 Å². The minimum atomic E-state index is -0.260. The first-order chi connectivity index (χ1) is 13.6. The average molecular weight is 563 g/mol. The van der Waals surface area contributed by atoms with Crippen LogP contribution in [0.25, 0.3) is 0 Å². The molecule has 0 saturated heterocycles. The highest BCUT2D eigenvalue weighted by atomic mass is 79.9. The maximum Gasteiger partial charge on any atom is 0.213 e. The van der Waals surface area contributed by atoms with Crippen LogP contribution in [0.1, 0.15) is 35.4 Å². The van der Waals surface area contributed by atoms with Gasteiger partial charge >= 0.3 is 0 Å². The lowest BCUT2D eigenvalue weighted by molar-refractivity contribution is -0.0197. The molecule has 2 aliphatic rings. The molecule has 5 rings (SSSR count). The van der Waals surface area contributed by atoms with Gasteiger partial charge in [0.25, 0.3) is 0 Å². The van der Waals surface area contributed by atoms with Crippen LogP contribution in [0.15, 0.2) is 85.2 Å². The van der Waals surface area contributed by atoms with Crippen molar-refractivity contribution in [2.24, 2.45) is 5.10 Å². The van der Waals surface area contributed by atoms with E-state index >= 15 is 0 Å². The molecule has 0 radical (unpaired) electrons. The van der Waals surface area contributed by atoms with E-state index in [1.165, 1.54) is 0 Å². The predicted octanol–water partition coefficient (Wildman–Crippen LogP) is 7.22. The first-order valence-electron chi connectivity index (χ1n) is 8.92. The third-order valence-corrected chi connectivity index (χ3v) is 6.65. The zero-order chi connectivity index (χ0) is 19.3. The fourth-order valence-corrected chi connectivity index (χ4v) is 5.39. The Morgan fingerprint density at radius 2 is 1.64 bits per heavy atom. The van der Waals surface area contributed by atoms with Gasteiger partial charge in [0.05, 0.1) is 16.2 Å². The van der Waals surface area contributed by atoms with Crippen molar-refractivity contribution in [3.8, 4) is 5.75 Å². The zero-order valence-corrected chi connectivity index (χ0v) is 19.4. The molecule has 0 aromatic heterocycles. The van der Waals surface area contributed by atoms with Crippen molar-refractivity contribution in [1.82, 2.24) is 5.01 Å². The minimum Gasteiger partial charge on any atom is -0.463 e. The van der Waals surface area contributed by atoms with Crippen LogP contribution in [0.3, 0.4) is 0 Å². The number of nitrogens with zero attached hydrogens (tertiary/aromatic N) is 2. The van der Waals surface area contributed by atoms with Gasteiger partial charge in [0.1, 0.15) is 5.75 Å². The monoisotopic (exact) mass is 560 g/mol. The zero-order valence-electron chi connectivity index (χ0n) is 14.6. The largest absolute Gasteiger partial charge is 0.463 e. The smallest absolute Gasteiger partial charge is 0.213 e. The fraction of sp³-hybridized carbons (Fsp3) is 0.136. The molecule has 0 N–H and O–H groups in total. The lowest BCUT2D eigenvalue weighted by Crippen LogP contribution is -2.33. The Hall–Kier alpha value is -1.63. The standard InChI is InChI=1S/C22H15Br3N2O/c23-15-8-6-13(7-9-15)19-12-20-17-10-16(24)11-18(25)21(17)28-22(27(20)26-19)14-4-2-1-3-5-14/h1-11,20,22H,12H2/t20-,22-/m0/s1. The molecule has 6 heteroatoms. The number of hydrogen-bond acceptors (Lipinski definition) is 3. The van der Waals surface area contributed by atoms with E-state index in [0.717, 1.165) is 48.0 Å². The van der Waals surface area contributed by atoms with Crippen molar-refractivity contribution >= 4 is 53.5 Å². The van der Waals surface area contributed by atoms with Crippen molar-refractivity contribution in [3.63, 3.8) is 0 Å². The summed E-state index contributed by atoms with van der Waals surface area (Å²) < 4.78 is 9.51. The SMILES string of the molecule is Brc1ccc(C2=NN3[C@@H](C2)c2cc(Br)cc(Br)c2O[C@H]3c2ccccc2)cc1. The molecular formula is C22H15Br3N2O. The molecule has 0 saturated carbocycles. The summed E-state index contributed by atoms with van der Waals surface area (Å²) >= 11 is 10.8. The number of halogens is 3. The van der Waals surface area contributed by atoms with Crippen LogP contribution in [0.5, 0.6) is 5.75 Å². The normalized spacial score (nSPS) is 20.2. The van der Waals surface area contributed by atoms with Crippen LogP contribution >= 0.6 is 47.8 Å². The summed E-state index contributed by atoms with van der Waals surface area (Å²) in [6.45, 7) is 0. The molecule has 0 aliphatic carbocycles. The van der Waals surface area contributed by atoms with E-state index in [1.54, 1.807) is 0 Å². The van der Waals surface area contributed by atoms with E-state index in [-0.39, 0.29) is 12.3 Å². The third kappa shape index (κ3) is 3.21. The molecule has 3 aromatic rings. The molecule has 140 valence electrons. The summed E-state index contributed by atoms with van der Waals surface area (Å²) in [4.78, 5) is 0. The first-order valence-corrected chi connectivity index (χ1v) is 11.3. The Morgan fingerprint density at radius 1 is 0.893 bits per heavy atom. The van der Waals surface area contributed by atoms with Gasteiger partial charge in [0.2, 0.25) is 6.23 Å². The van der Waals surface area contributed by atoms with Crippen LogP contribution < -0.4 is 4.74 Å². The highest BCUT2D eigenvalue weighted by molar-refractivity contribution is 9.11. The van der Waals surface area contributed by atoms with Gasteiger partial charge in [-0.25, -0.2) is 5.01 Å². The highest BCUT2D eigenvalue weighted by Crippen LogP contribution is 2.50. The molecule has 0 fully saturated rings. The van der Waals surface area contributed by atoms with E-state index in [1.807, 2.05) is 24.3 Å². The second-order valence-electron chi connectivity index (χ2n) is 6.84. The predicted molar refractivity (Wildman–Crippen MR) is 122 cm³/mol. The molecule has 0 bridgehead atoms. The first kappa shape index (κ1) is 18.4. The molecule has 3 aromatic carbocycles. The van der Waals surface area contributed by atoms with Crippen molar-refractivity contribution in [2.75, 3.05) is 0 Å². The molecular weight excluding hydrogens is 548 g/mol. The summed E-state index contributed by atoms with van der Waals surface area (Å²) in [5.41, 5.74) is 4.45. The number of ether oxygens (including phenoxy) is 1. The minimum absolute atomic E-state index is 0.126. The van der Waals surface area contributed by atoms with E-state index in [2.05, 4.69) is 95.3 Å². The van der Waals surface area contributed by atoms with E-state index < -0.39 is 0 Å². The van der Waals surface area contributed by atoms with Gasteiger partial charge in [-0.2, -0.15) is 5.10 Å². The number of hydrazone groups is 1. The van der Waals surface area contributed by atoms with E-state index in [0.29, 0.717) is 0 Å². The third-order valence-electron chi connectivity index (χ3n) is 5.07. The van der Waals surface area contributed by atoms with E-state index in [9.17, 15) is 0 Å². The van der Waals surface area contributed by atoms with Gasteiger partial charge in [-0.1, -0.05) is 74.3 Å². The molecule has 2 aliphatic heterocycles. The molecule has 3 nitrogen and oxygen atoms in total. The highest BCUT2D eigenvalue weighted by Gasteiger charge is 2.41. The van der Waals surface area contributed by atoms with Crippen LogP contribution in [0, 0.1) is 0 Å². The van der Waals surface area contributed by atoms with Gasteiger partial charge in [-0.15, -0.1) is 0 Å². The van der Waals surface area contributed by atoms with Crippen molar-refractivity contribution in [1.29, 1.82) is 0 Å². The van der Waals surface area contributed by atoms with Crippen LogP contribution in [0.4, 0.5) is 0 Å². The number of fused-ring (bicyclic) bond motifs is 3. The lowest BCUT2D eigenvalue weighted by Gasteiger charge is -2.38. The van der Waals surface area contributed by atoms with Crippen molar-refractivity contribution in [3.05, 3.63) is 96.8 Å². The summed E-state index contributed by atoms with van der Waals surface area (Å²) in [7, 11) is 0. The summed E-state index contributed by atoms with van der Waals surface area (Å²) in [5, 5.41) is 7.11.